The number of imidazole rings is 1. The van der Waals surface area contributed by atoms with Crippen molar-refractivity contribution < 1.29 is 9.47 Å². The fraction of sp³-hybridized carbons (Fsp3) is 0.318. The summed E-state index contributed by atoms with van der Waals surface area (Å²) in [6, 6.07) is 16.4. The number of aryl methyl sites for hydroxylation is 1. The molecule has 0 N–H and O–H groups in total. The van der Waals surface area contributed by atoms with E-state index >= 15 is 0 Å². The summed E-state index contributed by atoms with van der Waals surface area (Å²) < 4.78 is 16.0. The number of aromatic nitrogens is 2. The molecular weight excluding hydrogens is 467 g/mol. The Morgan fingerprint density at radius 2 is 2.03 bits per heavy atom. The third kappa shape index (κ3) is 5.68. The number of nitrogens with zero attached hydrogens (tertiary/aromatic N) is 2. The second kappa shape index (κ2) is 9.72. The number of ether oxygens (including phenoxy) is 2. The van der Waals surface area contributed by atoms with Crippen LogP contribution in [-0.4, -0.2) is 50.7 Å². The van der Waals surface area contributed by atoms with Gasteiger partial charge >= 0.3 is 173 Å². The third-order valence-electron chi connectivity index (χ3n) is 4.89. The Morgan fingerprint density at radius 1 is 1.21 bits per heavy atom. The molecule has 29 heavy (non-hydrogen) atoms. The number of halogens is 1. The summed E-state index contributed by atoms with van der Waals surface area (Å²) in [5, 5.41) is 0.752. The summed E-state index contributed by atoms with van der Waals surface area (Å²) in [5.41, 5.74) is 1.22. The molecule has 3 aromatic rings. The molecule has 150 valence electrons. The van der Waals surface area contributed by atoms with Crippen molar-refractivity contribution in [1.82, 2.24) is 9.55 Å². The van der Waals surface area contributed by atoms with E-state index in [0.717, 1.165) is 23.6 Å². The molecule has 1 fully saturated rings. The molecule has 0 unspecified atom stereocenters. The SMILES string of the molecule is Clc1ccc(CC[C@@]2(Cn3ccnc3)OC[C@H](CSc3ccccc3[As])O2)cc1. The van der Waals surface area contributed by atoms with Crippen LogP contribution in [0.1, 0.15) is 12.0 Å². The van der Waals surface area contributed by atoms with Gasteiger partial charge in [-0.25, -0.2) is 0 Å². The molecule has 2 radical (unpaired) electrons. The summed E-state index contributed by atoms with van der Waals surface area (Å²) in [7, 11) is 0. The van der Waals surface area contributed by atoms with Gasteiger partial charge in [0, 0.05) is 5.02 Å². The molecular formula is C22H22AsClN2O2S. The van der Waals surface area contributed by atoms with Crippen LogP contribution in [0, 0.1) is 0 Å². The molecule has 1 aromatic heterocycles. The second-order valence-electron chi connectivity index (χ2n) is 7.10. The van der Waals surface area contributed by atoms with Crippen LogP contribution in [0.25, 0.3) is 0 Å². The third-order valence-corrected chi connectivity index (χ3v) is 7.50. The summed E-state index contributed by atoms with van der Waals surface area (Å²) in [6.07, 6.45) is 7.23. The van der Waals surface area contributed by atoms with Crippen LogP contribution in [-0.2, 0) is 22.4 Å². The Balaban J connectivity index is 1.41. The maximum absolute atomic E-state index is 6.51. The topological polar surface area (TPSA) is 36.3 Å². The van der Waals surface area contributed by atoms with E-state index in [2.05, 4.69) is 58.2 Å². The quantitative estimate of drug-likeness (QED) is 0.356. The van der Waals surface area contributed by atoms with E-state index < -0.39 is 5.79 Å². The zero-order valence-electron chi connectivity index (χ0n) is 15.9. The molecule has 1 aliphatic rings. The van der Waals surface area contributed by atoms with Gasteiger partial charge in [-0.15, -0.1) is 0 Å². The van der Waals surface area contributed by atoms with Gasteiger partial charge in [0.25, 0.3) is 0 Å². The Kier molecular flexibility index (Phi) is 7.04. The fourth-order valence-electron chi connectivity index (χ4n) is 3.40. The number of hydrogen-bond donors (Lipinski definition) is 0. The maximum atomic E-state index is 6.51. The van der Waals surface area contributed by atoms with Gasteiger partial charge in [0.15, 0.2) is 0 Å². The molecule has 2 heterocycles. The van der Waals surface area contributed by atoms with Crippen molar-refractivity contribution in [2.45, 2.75) is 36.2 Å². The molecule has 4 rings (SSSR count). The van der Waals surface area contributed by atoms with Crippen LogP contribution >= 0.6 is 23.4 Å². The molecule has 2 aromatic carbocycles. The van der Waals surface area contributed by atoms with Crippen LogP contribution in [0.15, 0.2) is 72.1 Å². The van der Waals surface area contributed by atoms with Crippen molar-refractivity contribution in [3.63, 3.8) is 0 Å². The minimum absolute atomic E-state index is 0.0563. The van der Waals surface area contributed by atoms with E-state index in [1.807, 2.05) is 41.0 Å². The van der Waals surface area contributed by atoms with Gasteiger partial charge in [0.1, 0.15) is 0 Å². The average Bonchev–Trinajstić information content (AvgIpc) is 3.38. The molecule has 0 amide bonds. The Morgan fingerprint density at radius 3 is 2.79 bits per heavy atom. The standard InChI is InChI=1S/C22H22AsClN2O2S/c23-20-3-1-2-4-21(20)29-14-19-13-27-22(28-19,15-26-12-11-25-16-26)10-9-17-5-7-18(24)8-6-17/h1-8,11-12,16,19H,9-10,13-15H2/t19-,22-/m1/s1. The van der Waals surface area contributed by atoms with Crippen molar-refractivity contribution in [2.75, 3.05) is 12.4 Å². The van der Waals surface area contributed by atoms with E-state index in [1.54, 1.807) is 6.20 Å². The number of rotatable bonds is 8. The molecule has 7 heteroatoms. The second-order valence-corrected chi connectivity index (χ2v) is 9.61. The van der Waals surface area contributed by atoms with Crippen LogP contribution in [0.4, 0.5) is 0 Å². The van der Waals surface area contributed by atoms with E-state index in [1.165, 1.54) is 14.8 Å². The molecule has 4 nitrogen and oxygen atoms in total. The first-order valence-corrected chi connectivity index (χ1v) is 11.8. The van der Waals surface area contributed by atoms with Gasteiger partial charge in [0.2, 0.25) is 0 Å². The molecule has 0 saturated carbocycles. The van der Waals surface area contributed by atoms with Gasteiger partial charge in [-0.05, 0) is 0 Å². The molecule has 0 spiro atoms. The first-order valence-electron chi connectivity index (χ1n) is 9.55. The van der Waals surface area contributed by atoms with E-state index in [4.69, 9.17) is 21.1 Å². The fourth-order valence-corrected chi connectivity index (χ4v) is 5.19. The zero-order chi connectivity index (χ0) is 20.1. The summed E-state index contributed by atoms with van der Waals surface area (Å²) in [6.45, 7) is 1.23. The van der Waals surface area contributed by atoms with Crippen LogP contribution in [0.5, 0.6) is 0 Å². The number of hydrogen-bond acceptors (Lipinski definition) is 4. The summed E-state index contributed by atoms with van der Waals surface area (Å²) in [5.74, 6) is 0.217. The number of benzene rings is 2. The van der Waals surface area contributed by atoms with Gasteiger partial charge in [0.05, 0.1) is 0 Å². The van der Waals surface area contributed by atoms with Crippen LogP contribution < -0.4 is 4.35 Å². The molecule has 1 saturated heterocycles. The van der Waals surface area contributed by atoms with Crippen LogP contribution in [0.3, 0.4) is 0 Å². The Bertz CT molecular complexity index is 923. The average molecular weight is 489 g/mol. The zero-order valence-corrected chi connectivity index (χ0v) is 19.4. The molecule has 0 aliphatic carbocycles. The first-order chi connectivity index (χ1) is 14.1. The number of thioether (sulfide) groups is 1. The van der Waals surface area contributed by atoms with Gasteiger partial charge in [-0.2, -0.15) is 0 Å². The van der Waals surface area contributed by atoms with Gasteiger partial charge in [-0.1, -0.05) is 11.6 Å². The van der Waals surface area contributed by atoms with Gasteiger partial charge < -0.3 is 0 Å². The van der Waals surface area contributed by atoms with Crippen molar-refractivity contribution >= 4 is 44.6 Å². The predicted octanol–water partition coefficient (Wildman–Crippen LogP) is 3.87. The normalized spacial score (nSPS) is 21.5. The minimum atomic E-state index is -0.645. The first kappa shape index (κ1) is 21.0. The van der Waals surface area contributed by atoms with E-state index in [-0.39, 0.29) is 6.10 Å². The summed E-state index contributed by atoms with van der Waals surface area (Å²) in [4.78, 5) is 5.43. The van der Waals surface area contributed by atoms with Crippen molar-refractivity contribution in [2.24, 2.45) is 0 Å². The molecule has 0 bridgehead atoms. The Hall–Kier alpha value is -1.23. The van der Waals surface area contributed by atoms with Crippen LogP contribution in [0.2, 0.25) is 5.02 Å². The van der Waals surface area contributed by atoms with Gasteiger partial charge in [-0.3, -0.25) is 0 Å². The van der Waals surface area contributed by atoms with Crippen molar-refractivity contribution in [1.29, 1.82) is 0 Å². The van der Waals surface area contributed by atoms with Crippen molar-refractivity contribution in [3.8, 4) is 0 Å². The molecule has 2 atom stereocenters. The van der Waals surface area contributed by atoms with E-state index in [9.17, 15) is 0 Å². The monoisotopic (exact) mass is 488 g/mol. The molecule has 1 aliphatic heterocycles. The van der Waals surface area contributed by atoms with E-state index in [0.29, 0.717) is 13.2 Å². The summed E-state index contributed by atoms with van der Waals surface area (Å²) >= 11 is 10.5. The Labute approximate surface area is 189 Å². The predicted molar refractivity (Wildman–Crippen MR) is 118 cm³/mol. The van der Waals surface area contributed by atoms with Crippen molar-refractivity contribution in [3.05, 3.63) is 77.8 Å².